The number of esters is 1. The second-order valence-corrected chi connectivity index (χ2v) is 4.62. The van der Waals surface area contributed by atoms with Crippen LogP contribution in [-0.4, -0.2) is 19.0 Å². The van der Waals surface area contributed by atoms with Crippen molar-refractivity contribution in [1.82, 2.24) is 5.32 Å². The van der Waals surface area contributed by atoms with Crippen molar-refractivity contribution in [2.75, 3.05) is 7.11 Å². The SMILES string of the molecule is COC(=O)CCC(=O)NC(C)(C)c1ccccc1. The van der Waals surface area contributed by atoms with Crippen LogP contribution in [0.2, 0.25) is 0 Å². The minimum absolute atomic E-state index is 0.104. The largest absolute Gasteiger partial charge is 0.469 e. The summed E-state index contributed by atoms with van der Waals surface area (Å²) in [5, 5.41) is 2.91. The van der Waals surface area contributed by atoms with Crippen LogP contribution in [0.5, 0.6) is 0 Å². The van der Waals surface area contributed by atoms with E-state index in [0.717, 1.165) is 5.56 Å². The molecule has 1 N–H and O–H groups in total. The summed E-state index contributed by atoms with van der Waals surface area (Å²) in [6, 6.07) is 9.70. The molecule has 0 aromatic heterocycles. The van der Waals surface area contributed by atoms with Gasteiger partial charge >= 0.3 is 5.97 Å². The summed E-state index contributed by atoms with van der Waals surface area (Å²) in [4.78, 5) is 22.7. The first-order valence-corrected chi connectivity index (χ1v) is 5.89. The van der Waals surface area contributed by atoms with Crippen LogP contribution in [0.1, 0.15) is 32.3 Å². The van der Waals surface area contributed by atoms with Crippen LogP contribution in [0.4, 0.5) is 0 Å². The molecule has 0 bridgehead atoms. The molecular weight excluding hydrogens is 230 g/mol. The van der Waals surface area contributed by atoms with Gasteiger partial charge in [-0.2, -0.15) is 0 Å². The van der Waals surface area contributed by atoms with E-state index in [1.54, 1.807) is 0 Å². The van der Waals surface area contributed by atoms with Crippen molar-refractivity contribution in [1.29, 1.82) is 0 Å². The summed E-state index contributed by atoms with van der Waals surface area (Å²) < 4.78 is 4.50. The fraction of sp³-hybridized carbons (Fsp3) is 0.429. The first-order valence-electron chi connectivity index (χ1n) is 5.89. The van der Waals surface area contributed by atoms with Gasteiger partial charge in [-0.15, -0.1) is 0 Å². The fourth-order valence-corrected chi connectivity index (χ4v) is 1.66. The van der Waals surface area contributed by atoms with Crippen LogP contribution < -0.4 is 5.32 Å². The molecule has 0 aliphatic heterocycles. The number of carbonyl (C=O) groups excluding carboxylic acids is 2. The lowest BCUT2D eigenvalue weighted by atomic mass is 9.94. The van der Waals surface area contributed by atoms with Gasteiger partial charge in [-0.3, -0.25) is 9.59 Å². The summed E-state index contributed by atoms with van der Waals surface area (Å²) in [5.74, 6) is -0.531. The van der Waals surface area contributed by atoms with Crippen LogP contribution in [0.3, 0.4) is 0 Å². The molecule has 4 nitrogen and oxygen atoms in total. The number of ether oxygens (including phenoxy) is 1. The third kappa shape index (κ3) is 4.20. The van der Waals surface area contributed by atoms with E-state index in [-0.39, 0.29) is 24.7 Å². The number of benzene rings is 1. The monoisotopic (exact) mass is 249 g/mol. The summed E-state index contributed by atoms with van der Waals surface area (Å²) in [6.45, 7) is 3.86. The molecule has 0 fully saturated rings. The highest BCUT2D eigenvalue weighted by molar-refractivity contribution is 5.81. The zero-order valence-corrected chi connectivity index (χ0v) is 11.0. The van der Waals surface area contributed by atoms with E-state index in [9.17, 15) is 9.59 Å². The molecule has 0 saturated carbocycles. The standard InChI is InChI=1S/C14H19NO3/c1-14(2,11-7-5-4-6-8-11)15-12(16)9-10-13(17)18-3/h4-8H,9-10H2,1-3H3,(H,15,16). The topological polar surface area (TPSA) is 55.4 Å². The number of carbonyl (C=O) groups is 2. The predicted octanol–water partition coefficient (Wildman–Crippen LogP) is 1.99. The first-order chi connectivity index (χ1) is 8.45. The molecule has 4 heteroatoms. The molecule has 0 unspecified atom stereocenters. The van der Waals surface area contributed by atoms with E-state index in [4.69, 9.17) is 0 Å². The first kappa shape index (κ1) is 14.2. The molecule has 0 spiro atoms. The minimum atomic E-state index is -0.450. The van der Waals surface area contributed by atoms with Gasteiger partial charge in [-0.05, 0) is 19.4 Å². The normalized spacial score (nSPS) is 10.8. The Morgan fingerprint density at radius 1 is 1.17 bits per heavy atom. The summed E-state index contributed by atoms with van der Waals surface area (Å²) in [6.07, 6.45) is 0.246. The van der Waals surface area contributed by atoms with Gasteiger partial charge in [-0.1, -0.05) is 30.3 Å². The van der Waals surface area contributed by atoms with Gasteiger partial charge in [0.1, 0.15) is 0 Å². The Hall–Kier alpha value is -1.84. The Bertz CT molecular complexity index is 412. The van der Waals surface area contributed by atoms with Gasteiger partial charge in [0, 0.05) is 6.42 Å². The van der Waals surface area contributed by atoms with E-state index in [1.165, 1.54) is 7.11 Å². The van der Waals surface area contributed by atoms with Crippen molar-refractivity contribution in [3.05, 3.63) is 35.9 Å². The van der Waals surface area contributed by atoms with Crippen molar-refractivity contribution < 1.29 is 14.3 Å². The lowest BCUT2D eigenvalue weighted by Crippen LogP contribution is -2.41. The van der Waals surface area contributed by atoms with Crippen LogP contribution in [0, 0.1) is 0 Å². The van der Waals surface area contributed by atoms with Crippen LogP contribution in [0.25, 0.3) is 0 Å². The van der Waals surface area contributed by atoms with Crippen molar-refractivity contribution in [3.8, 4) is 0 Å². The van der Waals surface area contributed by atoms with Gasteiger partial charge in [0.15, 0.2) is 0 Å². The zero-order valence-electron chi connectivity index (χ0n) is 11.0. The summed E-state index contributed by atoms with van der Waals surface area (Å²) >= 11 is 0. The number of methoxy groups -OCH3 is 1. The smallest absolute Gasteiger partial charge is 0.306 e. The second kappa shape index (κ2) is 6.19. The molecule has 0 radical (unpaired) electrons. The molecule has 98 valence electrons. The molecule has 0 saturated heterocycles. The molecular formula is C14H19NO3. The molecule has 1 aromatic carbocycles. The highest BCUT2D eigenvalue weighted by Crippen LogP contribution is 2.19. The highest BCUT2D eigenvalue weighted by Gasteiger charge is 2.22. The lowest BCUT2D eigenvalue weighted by molar-refractivity contribution is -0.142. The lowest BCUT2D eigenvalue weighted by Gasteiger charge is -2.26. The van der Waals surface area contributed by atoms with Gasteiger partial charge in [0.25, 0.3) is 0 Å². The predicted molar refractivity (Wildman–Crippen MR) is 68.9 cm³/mol. The highest BCUT2D eigenvalue weighted by atomic mass is 16.5. The number of hydrogen-bond donors (Lipinski definition) is 1. The molecule has 1 aromatic rings. The van der Waals surface area contributed by atoms with Gasteiger partial charge in [0.2, 0.25) is 5.91 Å². The Kier molecular flexibility index (Phi) is 4.89. The third-order valence-electron chi connectivity index (χ3n) is 2.73. The van der Waals surface area contributed by atoms with E-state index in [0.29, 0.717) is 0 Å². The molecule has 0 aliphatic rings. The summed E-state index contributed by atoms with van der Waals surface area (Å²) in [5.41, 5.74) is 0.575. The minimum Gasteiger partial charge on any atom is -0.469 e. The Labute approximate surface area is 107 Å². The molecule has 0 heterocycles. The van der Waals surface area contributed by atoms with Crippen LogP contribution >= 0.6 is 0 Å². The Morgan fingerprint density at radius 2 is 1.78 bits per heavy atom. The zero-order chi connectivity index (χ0) is 13.6. The molecule has 0 atom stereocenters. The molecule has 1 rings (SSSR count). The average Bonchev–Trinajstić information content (AvgIpc) is 2.36. The van der Waals surface area contributed by atoms with E-state index >= 15 is 0 Å². The Morgan fingerprint density at radius 3 is 2.33 bits per heavy atom. The van der Waals surface area contributed by atoms with Crippen LogP contribution in [0.15, 0.2) is 30.3 Å². The third-order valence-corrected chi connectivity index (χ3v) is 2.73. The maximum absolute atomic E-state index is 11.7. The van der Waals surface area contributed by atoms with E-state index < -0.39 is 5.54 Å². The average molecular weight is 249 g/mol. The van der Waals surface area contributed by atoms with Crippen LogP contribution in [-0.2, 0) is 19.9 Å². The molecule has 18 heavy (non-hydrogen) atoms. The quantitative estimate of drug-likeness (QED) is 0.812. The Balaban J connectivity index is 2.55. The maximum Gasteiger partial charge on any atom is 0.306 e. The number of nitrogens with one attached hydrogen (secondary N) is 1. The van der Waals surface area contributed by atoms with E-state index in [1.807, 2.05) is 44.2 Å². The van der Waals surface area contributed by atoms with Gasteiger partial charge in [-0.25, -0.2) is 0 Å². The van der Waals surface area contributed by atoms with Crippen molar-refractivity contribution in [3.63, 3.8) is 0 Å². The van der Waals surface area contributed by atoms with Crippen molar-refractivity contribution >= 4 is 11.9 Å². The number of hydrogen-bond acceptors (Lipinski definition) is 3. The fourth-order valence-electron chi connectivity index (χ4n) is 1.66. The number of rotatable bonds is 5. The summed E-state index contributed by atoms with van der Waals surface area (Å²) in [7, 11) is 1.31. The van der Waals surface area contributed by atoms with Gasteiger partial charge in [0.05, 0.1) is 19.1 Å². The van der Waals surface area contributed by atoms with Gasteiger partial charge < -0.3 is 10.1 Å². The second-order valence-electron chi connectivity index (χ2n) is 4.62. The maximum atomic E-state index is 11.7. The van der Waals surface area contributed by atoms with E-state index in [2.05, 4.69) is 10.1 Å². The van der Waals surface area contributed by atoms with Crippen molar-refractivity contribution in [2.24, 2.45) is 0 Å². The molecule has 1 amide bonds. The van der Waals surface area contributed by atoms with Crippen molar-refractivity contribution in [2.45, 2.75) is 32.2 Å². The number of amides is 1. The molecule has 0 aliphatic carbocycles.